The molecule has 1 N–H and O–H groups in total. The van der Waals surface area contributed by atoms with Crippen LogP contribution < -0.4 is 17.0 Å². The van der Waals surface area contributed by atoms with Crippen molar-refractivity contribution in [3.05, 3.63) is 102 Å². The molecule has 1 aromatic heterocycles. The third-order valence-electron chi connectivity index (χ3n) is 5.46. The minimum atomic E-state index is -0.865. The maximum Gasteiger partial charge on any atom is 0.335 e. The first-order valence-corrected chi connectivity index (χ1v) is 11.2. The third-order valence-corrected chi connectivity index (χ3v) is 5.46. The number of carbonyl (C=O) groups is 1. The van der Waals surface area contributed by atoms with Crippen molar-refractivity contribution in [3.8, 4) is 0 Å². The Labute approximate surface area is 200 Å². The van der Waals surface area contributed by atoms with Crippen LogP contribution in [0.15, 0.2) is 85.2 Å². The highest BCUT2D eigenvalue weighted by atomic mass is 35.5. The molecule has 0 saturated heterocycles. The van der Waals surface area contributed by atoms with Crippen LogP contribution in [0.1, 0.15) is 80.8 Å². The first-order valence-electron chi connectivity index (χ1n) is 11.2. The van der Waals surface area contributed by atoms with Gasteiger partial charge in [-0.3, -0.25) is 0 Å². The summed E-state index contributed by atoms with van der Waals surface area (Å²) in [5.41, 5.74) is 3.00. The van der Waals surface area contributed by atoms with Crippen LogP contribution in [-0.2, 0) is 6.54 Å². The highest BCUT2D eigenvalue weighted by Gasteiger charge is 2.05. The van der Waals surface area contributed by atoms with E-state index in [1.807, 2.05) is 30.3 Å². The summed E-state index contributed by atoms with van der Waals surface area (Å²) in [6, 6.07) is 23.8. The number of rotatable bonds is 6. The van der Waals surface area contributed by atoms with Crippen molar-refractivity contribution in [2.75, 3.05) is 0 Å². The quantitative estimate of drug-likeness (QED) is 0.568. The highest BCUT2D eigenvalue weighted by Crippen LogP contribution is 2.18. The van der Waals surface area contributed by atoms with Gasteiger partial charge in [-0.1, -0.05) is 76.2 Å². The second-order valence-corrected chi connectivity index (χ2v) is 7.66. The average molecular weight is 456 g/mol. The number of halogens is 1. The summed E-state index contributed by atoms with van der Waals surface area (Å²) in [6.07, 6.45) is 6.41. The maximum absolute atomic E-state index is 10.6. The topological polar surface area (TPSA) is 41.2 Å². The Balaban J connectivity index is 0.000000456. The van der Waals surface area contributed by atoms with Gasteiger partial charge in [-0.2, -0.15) is 0 Å². The van der Waals surface area contributed by atoms with Crippen molar-refractivity contribution < 1.29 is 26.9 Å². The summed E-state index contributed by atoms with van der Waals surface area (Å²) in [4.78, 5) is 10.6. The van der Waals surface area contributed by atoms with Crippen LogP contribution in [0.25, 0.3) is 0 Å². The van der Waals surface area contributed by atoms with Gasteiger partial charge in [0.05, 0.1) is 5.56 Å². The molecule has 2 aromatic carbocycles. The SMILES string of the molecule is CCC(C)c1ccc(C(=O)O)cc1.CCC(C)c1ccccc1.CC[n+]1ccccc1.[Cl-]. The standard InChI is InChI=1S/C11H14O2.C10H14.C7H10N.ClH/c1-3-8(2)9-4-6-10(7-5-9)11(12)13;1-3-9(2)10-7-5-4-6-8-10;1-2-8-6-4-3-5-7-8;/h4-8H,3H2,1-2H3,(H,12,13);4-9H,3H2,1-2H3;3-7H,2H2,1H3;1H/q;;+1;/p-1. The highest BCUT2D eigenvalue weighted by molar-refractivity contribution is 5.87. The Morgan fingerprint density at radius 1 is 0.750 bits per heavy atom. The molecule has 0 aliphatic heterocycles. The fourth-order valence-electron chi connectivity index (χ4n) is 2.85. The number of pyridine rings is 1. The monoisotopic (exact) mass is 455 g/mol. The second kappa shape index (κ2) is 17.0. The van der Waals surface area contributed by atoms with E-state index in [-0.39, 0.29) is 12.4 Å². The molecular formula is C28H38ClNO2. The van der Waals surface area contributed by atoms with E-state index >= 15 is 0 Å². The lowest BCUT2D eigenvalue weighted by molar-refractivity contribution is -0.693. The van der Waals surface area contributed by atoms with E-state index in [4.69, 9.17) is 5.11 Å². The van der Waals surface area contributed by atoms with Gasteiger partial charge in [0, 0.05) is 12.1 Å². The molecule has 2 unspecified atom stereocenters. The van der Waals surface area contributed by atoms with Crippen LogP contribution in [0.3, 0.4) is 0 Å². The number of benzene rings is 2. The zero-order chi connectivity index (χ0) is 23.1. The summed E-state index contributed by atoms with van der Waals surface area (Å²) < 4.78 is 2.12. The molecule has 174 valence electrons. The number of aromatic carboxylic acids is 1. The van der Waals surface area contributed by atoms with E-state index in [0.717, 1.165) is 13.0 Å². The molecule has 3 aromatic rings. The van der Waals surface area contributed by atoms with Gasteiger partial charge in [-0.05, 0) is 54.9 Å². The molecule has 3 nitrogen and oxygen atoms in total. The van der Waals surface area contributed by atoms with Crippen molar-refractivity contribution >= 4 is 5.97 Å². The van der Waals surface area contributed by atoms with E-state index < -0.39 is 5.97 Å². The molecule has 0 aliphatic rings. The molecule has 1 heterocycles. The zero-order valence-corrected chi connectivity index (χ0v) is 20.8. The van der Waals surface area contributed by atoms with Crippen LogP contribution in [0.2, 0.25) is 0 Å². The van der Waals surface area contributed by atoms with Crippen LogP contribution in [0, 0.1) is 0 Å². The molecule has 4 heteroatoms. The Bertz CT molecular complexity index is 852. The van der Waals surface area contributed by atoms with E-state index in [0.29, 0.717) is 17.4 Å². The lowest BCUT2D eigenvalue weighted by Crippen LogP contribution is -3.00. The van der Waals surface area contributed by atoms with Gasteiger partial charge in [0.25, 0.3) is 0 Å². The molecule has 0 spiro atoms. The minimum absolute atomic E-state index is 0. The zero-order valence-electron chi connectivity index (χ0n) is 20.0. The normalized spacial score (nSPS) is 11.4. The van der Waals surface area contributed by atoms with Crippen LogP contribution in [0.5, 0.6) is 0 Å². The van der Waals surface area contributed by atoms with Gasteiger partial charge in [-0.15, -0.1) is 0 Å². The lowest BCUT2D eigenvalue weighted by Gasteiger charge is -2.08. The van der Waals surface area contributed by atoms with Gasteiger partial charge in [0.1, 0.15) is 6.54 Å². The smallest absolute Gasteiger partial charge is 0.335 e. The molecular weight excluding hydrogens is 418 g/mol. The first-order chi connectivity index (χ1) is 14.9. The van der Waals surface area contributed by atoms with Crippen LogP contribution >= 0.6 is 0 Å². The second-order valence-electron chi connectivity index (χ2n) is 7.66. The molecule has 0 saturated carbocycles. The molecule has 0 fully saturated rings. The van der Waals surface area contributed by atoms with E-state index in [1.165, 1.54) is 17.5 Å². The minimum Gasteiger partial charge on any atom is -1.00 e. The molecule has 0 radical (unpaired) electrons. The number of hydrogen-bond acceptors (Lipinski definition) is 1. The third kappa shape index (κ3) is 11.1. The van der Waals surface area contributed by atoms with Gasteiger partial charge in [-0.25, -0.2) is 9.36 Å². The van der Waals surface area contributed by atoms with Gasteiger partial charge < -0.3 is 17.5 Å². The number of carboxylic acid groups (broad SMARTS) is 1. The Morgan fingerprint density at radius 2 is 1.19 bits per heavy atom. The van der Waals surface area contributed by atoms with E-state index in [9.17, 15) is 4.79 Å². The van der Waals surface area contributed by atoms with E-state index in [1.54, 1.807) is 12.1 Å². The summed E-state index contributed by atoms with van der Waals surface area (Å²) in [5.74, 6) is 0.347. The lowest BCUT2D eigenvalue weighted by atomic mass is 9.98. The molecule has 0 amide bonds. The predicted molar refractivity (Wildman–Crippen MR) is 130 cm³/mol. The summed E-state index contributed by atoms with van der Waals surface area (Å²) in [6.45, 7) is 11.9. The Morgan fingerprint density at radius 3 is 1.56 bits per heavy atom. The molecule has 32 heavy (non-hydrogen) atoms. The molecule has 3 rings (SSSR count). The van der Waals surface area contributed by atoms with Crippen LogP contribution in [-0.4, -0.2) is 11.1 Å². The largest absolute Gasteiger partial charge is 1.00 e. The van der Waals surface area contributed by atoms with Gasteiger partial charge >= 0.3 is 5.97 Å². The van der Waals surface area contributed by atoms with Gasteiger partial charge in [0.2, 0.25) is 0 Å². The molecule has 2 atom stereocenters. The maximum atomic E-state index is 10.6. The van der Waals surface area contributed by atoms with Crippen molar-refractivity contribution in [1.29, 1.82) is 0 Å². The Kier molecular flexibility index (Phi) is 15.6. The van der Waals surface area contributed by atoms with Crippen LogP contribution in [0.4, 0.5) is 0 Å². The van der Waals surface area contributed by atoms with Crippen molar-refractivity contribution in [2.45, 2.75) is 65.8 Å². The average Bonchev–Trinajstić information content (AvgIpc) is 2.85. The molecule has 0 aliphatic carbocycles. The summed E-state index contributed by atoms with van der Waals surface area (Å²) >= 11 is 0. The summed E-state index contributed by atoms with van der Waals surface area (Å²) in [7, 11) is 0. The number of carboxylic acids is 1. The fraction of sp³-hybridized carbons (Fsp3) is 0.357. The number of hydrogen-bond donors (Lipinski definition) is 1. The number of aromatic nitrogens is 1. The first kappa shape index (κ1) is 29.4. The van der Waals surface area contributed by atoms with Crippen molar-refractivity contribution in [2.24, 2.45) is 0 Å². The van der Waals surface area contributed by atoms with E-state index in [2.05, 4.69) is 81.9 Å². The Hall–Kier alpha value is -2.65. The fourth-order valence-corrected chi connectivity index (χ4v) is 2.85. The number of nitrogens with zero attached hydrogens (tertiary/aromatic N) is 1. The van der Waals surface area contributed by atoms with Crippen molar-refractivity contribution in [3.63, 3.8) is 0 Å². The summed E-state index contributed by atoms with van der Waals surface area (Å²) in [5, 5.41) is 8.67. The van der Waals surface area contributed by atoms with Gasteiger partial charge in [0.15, 0.2) is 12.4 Å². The predicted octanol–water partition coefficient (Wildman–Crippen LogP) is 4.10. The molecule has 0 bridgehead atoms. The number of aryl methyl sites for hydroxylation is 1. The van der Waals surface area contributed by atoms with Crippen molar-refractivity contribution in [1.82, 2.24) is 0 Å².